The first kappa shape index (κ1) is 17.9. The Labute approximate surface area is 149 Å². The molecule has 1 saturated heterocycles. The van der Waals surface area contributed by atoms with Gasteiger partial charge in [-0.15, -0.1) is 0 Å². The number of rotatable bonds is 6. The summed E-state index contributed by atoms with van der Waals surface area (Å²) >= 11 is 0. The highest BCUT2D eigenvalue weighted by Gasteiger charge is 2.26. The molecule has 25 heavy (non-hydrogen) atoms. The maximum Gasteiger partial charge on any atom is 0.220 e. The number of benzene rings is 1. The van der Waals surface area contributed by atoms with Gasteiger partial charge in [-0.1, -0.05) is 26.0 Å². The van der Waals surface area contributed by atoms with E-state index in [1.54, 1.807) is 0 Å². The lowest BCUT2D eigenvalue weighted by molar-refractivity contribution is -0.123. The highest BCUT2D eigenvalue weighted by Crippen LogP contribution is 2.27. The van der Waals surface area contributed by atoms with Crippen molar-refractivity contribution >= 4 is 16.9 Å². The van der Waals surface area contributed by atoms with Gasteiger partial charge in [0.15, 0.2) is 0 Å². The molecule has 1 amide bonds. The lowest BCUT2D eigenvalue weighted by atomic mass is 9.88. The summed E-state index contributed by atoms with van der Waals surface area (Å²) in [6.07, 6.45) is 2.89. The van der Waals surface area contributed by atoms with Crippen molar-refractivity contribution in [2.45, 2.75) is 52.7 Å². The van der Waals surface area contributed by atoms with Gasteiger partial charge in [-0.25, -0.2) is 4.98 Å². The largest absolute Gasteiger partial charge is 0.378 e. The summed E-state index contributed by atoms with van der Waals surface area (Å²) in [4.78, 5) is 16.9. The van der Waals surface area contributed by atoms with Crippen molar-refractivity contribution in [3.8, 4) is 0 Å². The molecule has 136 valence electrons. The Morgan fingerprint density at radius 3 is 3.00 bits per heavy atom. The van der Waals surface area contributed by atoms with E-state index < -0.39 is 0 Å². The van der Waals surface area contributed by atoms with Gasteiger partial charge in [0.05, 0.1) is 17.1 Å². The van der Waals surface area contributed by atoms with Gasteiger partial charge in [0.2, 0.25) is 5.91 Å². The lowest BCUT2D eigenvalue weighted by Gasteiger charge is -2.31. The summed E-state index contributed by atoms with van der Waals surface area (Å²) in [5.74, 6) is 2.09. The average Bonchev–Trinajstić information content (AvgIpc) is 2.91. The molecule has 1 N–H and O–H groups in total. The molecule has 0 aliphatic carbocycles. The number of imidazole rings is 1. The Hall–Kier alpha value is -1.88. The van der Waals surface area contributed by atoms with Crippen LogP contribution in [-0.4, -0.2) is 34.7 Å². The Morgan fingerprint density at radius 1 is 1.40 bits per heavy atom. The molecule has 0 saturated carbocycles. The molecule has 1 aromatic carbocycles. The number of ether oxygens (including phenoxy) is 1. The zero-order valence-electron chi connectivity index (χ0n) is 15.5. The first-order valence-corrected chi connectivity index (χ1v) is 9.34. The first-order chi connectivity index (χ1) is 12.0. The van der Waals surface area contributed by atoms with E-state index in [4.69, 9.17) is 4.74 Å². The SMILES string of the molecule is Cc1nc2ccccc2n1CCNC(=O)C[C@@H]1CCO[C@H](C(C)C)C1. The number of hydrogen-bond acceptors (Lipinski definition) is 3. The third kappa shape index (κ3) is 4.40. The number of hydrogen-bond donors (Lipinski definition) is 1. The minimum absolute atomic E-state index is 0.150. The van der Waals surface area contributed by atoms with Gasteiger partial charge in [-0.2, -0.15) is 0 Å². The maximum atomic E-state index is 12.3. The van der Waals surface area contributed by atoms with Crippen LogP contribution in [0.5, 0.6) is 0 Å². The van der Waals surface area contributed by atoms with Gasteiger partial charge >= 0.3 is 0 Å². The minimum atomic E-state index is 0.150. The van der Waals surface area contributed by atoms with E-state index >= 15 is 0 Å². The van der Waals surface area contributed by atoms with E-state index in [1.807, 2.05) is 25.1 Å². The van der Waals surface area contributed by atoms with Gasteiger partial charge in [0.25, 0.3) is 0 Å². The first-order valence-electron chi connectivity index (χ1n) is 9.34. The molecule has 0 spiro atoms. The highest BCUT2D eigenvalue weighted by atomic mass is 16.5. The van der Waals surface area contributed by atoms with Crippen LogP contribution in [0.1, 0.15) is 38.9 Å². The topological polar surface area (TPSA) is 56.2 Å². The number of para-hydroxylation sites is 2. The van der Waals surface area contributed by atoms with Crippen LogP contribution in [0.15, 0.2) is 24.3 Å². The van der Waals surface area contributed by atoms with Crippen LogP contribution in [-0.2, 0) is 16.1 Å². The molecule has 5 heteroatoms. The highest BCUT2D eigenvalue weighted by molar-refractivity contribution is 5.77. The van der Waals surface area contributed by atoms with E-state index in [1.165, 1.54) is 0 Å². The van der Waals surface area contributed by atoms with Crippen molar-refractivity contribution in [1.29, 1.82) is 0 Å². The maximum absolute atomic E-state index is 12.3. The van der Waals surface area contributed by atoms with Crippen molar-refractivity contribution in [2.24, 2.45) is 11.8 Å². The zero-order chi connectivity index (χ0) is 17.8. The summed E-state index contributed by atoms with van der Waals surface area (Å²) in [7, 11) is 0. The van der Waals surface area contributed by atoms with Gasteiger partial charge in [0.1, 0.15) is 5.82 Å². The Morgan fingerprint density at radius 2 is 2.20 bits per heavy atom. The van der Waals surface area contributed by atoms with Crippen molar-refractivity contribution in [2.75, 3.05) is 13.2 Å². The van der Waals surface area contributed by atoms with E-state index in [0.717, 1.165) is 42.9 Å². The van der Waals surface area contributed by atoms with Crippen molar-refractivity contribution in [1.82, 2.24) is 14.9 Å². The molecule has 5 nitrogen and oxygen atoms in total. The van der Waals surface area contributed by atoms with E-state index in [0.29, 0.717) is 30.9 Å². The molecule has 0 radical (unpaired) electrons. The number of aryl methyl sites for hydroxylation is 1. The van der Waals surface area contributed by atoms with Crippen LogP contribution in [0.4, 0.5) is 0 Å². The van der Waals surface area contributed by atoms with Gasteiger partial charge in [-0.3, -0.25) is 4.79 Å². The predicted octanol–water partition coefficient (Wildman–Crippen LogP) is 3.30. The second-order valence-corrected chi connectivity index (χ2v) is 7.40. The number of carbonyl (C=O) groups is 1. The number of fused-ring (bicyclic) bond motifs is 1. The molecule has 2 aromatic rings. The van der Waals surface area contributed by atoms with Crippen LogP contribution in [0.25, 0.3) is 11.0 Å². The van der Waals surface area contributed by atoms with Crippen molar-refractivity contribution in [3.63, 3.8) is 0 Å². The summed E-state index contributed by atoms with van der Waals surface area (Å²) in [5.41, 5.74) is 2.13. The predicted molar refractivity (Wildman–Crippen MR) is 99.4 cm³/mol. The Bertz CT molecular complexity index is 723. The molecule has 1 aromatic heterocycles. The van der Waals surface area contributed by atoms with Gasteiger partial charge in [-0.05, 0) is 43.7 Å². The molecule has 1 fully saturated rings. The molecular formula is C20H29N3O2. The molecule has 3 rings (SSSR count). The number of nitrogens with one attached hydrogen (secondary N) is 1. The number of aromatic nitrogens is 2. The fraction of sp³-hybridized carbons (Fsp3) is 0.600. The van der Waals surface area contributed by atoms with E-state index in [-0.39, 0.29) is 5.91 Å². The lowest BCUT2D eigenvalue weighted by Crippen LogP contribution is -2.34. The third-order valence-corrected chi connectivity index (χ3v) is 5.14. The van der Waals surface area contributed by atoms with E-state index in [9.17, 15) is 4.79 Å². The summed E-state index contributed by atoms with van der Waals surface area (Å²) in [6.45, 7) is 8.55. The average molecular weight is 343 g/mol. The molecule has 2 atom stereocenters. The molecule has 0 bridgehead atoms. The van der Waals surface area contributed by atoms with Crippen LogP contribution in [0.2, 0.25) is 0 Å². The van der Waals surface area contributed by atoms with Gasteiger partial charge < -0.3 is 14.6 Å². The molecule has 1 aliphatic heterocycles. The minimum Gasteiger partial charge on any atom is -0.378 e. The van der Waals surface area contributed by atoms with Crippen LogP contribution in [0, 0.1) is 18.8 Å². The zero-order valence-corrected chi connectivity index (χ0v) is 15.5. The normalized spacial score (nSPS) is 21.0. The summed E-state index contributed by atoms with van der Waals surface area (Å²) in [5, 5.41) is 3.08. The number of carbonyl (C=O) groups excluding carboxylic acids is 1. The summed E-state index contributed by atoms with van der Waals surface area (Å²) < 4.78 is 7.96. The fourth-order valence-corrected chi connectivity index (χ4v) is 3.67. The second-order valence-electron chi connectivity index (χ2n) is 7.40. The standard InChI is InChI=1S/C20H29N3O2/c1-14(2)19-12-16(8-11-25-19)13-20(24)21-9-10-23-15(3)22-17-6-4-5-7-18(17)23/h4-7,14,16,19H,8-13H2,1-3H3,(H,21,24)/t16-,19+/m1/s1. The smallest absolute Gasteiger partial charge is 0.220 e. The Kier molecular flexibility index (Phi) is 5.74. The van der Waals surface area contributed by atoms with E-state index in [2.05, 4.69) is 34.8 Å². The van der Waals surface area contributed by atoms with Crippen molar-refractivity contribution < 1.29 is 9.53 Å². The summed E-state index contributed by atoms with van der Waals surface area (Å²) in [6, 6.07) is 8.12. The Balaban J connectivity index is 1.48. The fourth-order valence-electron chi connectivity index (χ4n) is 3.67. The molecule has 2 heterocycles. The quantitative estimate of drug-likeness (QED) is 0.875. The number of nitrogens with zero attached hydrogens (tertiary/aromatic N) is 2. The second kappa shape index (κ2) is 8.00. The van der Waals surface area contributed by atoms with Crippen molar-refractivity contribution in [3.05, 3.63) is 30.1 Å². The molecule has 0 unspecified atom stereocenters. The third-order valence-electron chi connectivity index (χ3n) is 5.14. The molecule has 1 aliphatic rings. The molecular weight excluding hydrogens is 314 g/mol. The van der Waals surface area contributed by atoms with Crippen LogP contribution >= 0.6 is 0 Å². The monoisotopic (exact) mass is 343 g/mol. The van der Waals surface area contributed by atoms with Gasteiger partial charge in [0, 0.05) is 26.1 Å². The van der Waals surface area contributed by atoms with Crippen LogP contribution in [0.3, 0.4) is 0 Å². The number of amides is 1. The van der Waals surface area contributed by atoms with Crippen LogP contribution < -0.4 is 5.32 Å².